The fourth-order valence-corrected chi connectivity index (χ4v) is 5.25. The zero-order valence-corrected chi connectivity index (χ0v) is 22.2. The van der Waals surface area contributed by atoms with Crippen LogP contribution >= 0.6 is 12.2 Å². The van der Waals surface area contributed by atoms with Crippen molar-refractivity contribution >= 4 is 34.9 Å². The second-order valence-corrected chi connectivity index (χ2v) is 10.2. The second-order valence-electron chi connectivity index (χ2n) is 9.72. The lowest BCUT2D eigenvalue weighted by Gasteiger charge is -2.38. The summed E-state index contributed by atoms with van der Waals surface area (Å²) in [5.41, 5.74) is 9.83. The lowest BCUT2D eigenvalue weighted by molar-refractivity contribution is -0.137. The van der Waals surface area contributed by atoms with Gasteiger partial charge < -0.3 is 15.5 Å². The maximum Gasteiger partial charge on any atom is 0.416 e. The Morgan fingerprint density at radius 1 is 1.08 bits per heavy atom. The number of hydrogen-bond donors (Lipinski definition) is 2. The number of benzene rings is 2. The lowest BCUT2D eigenvalue weighted by atomic mass is 9.88. The van der Waals surface area contributed by atoms with Gasteiger partial charge in [0.2, 0.25) is 0 Å². The number of nitrogens with two attached hydrogens (primary N) is 1. The number of piperidine rings is 1. The highest BCUT2D eigenvalue weighted by Crippen LogP contribution is 2.37. The van der Waals surface area contributed by atoms with E-state index < -0.39 is 17.6 Å². The fourth-order valence-electron chi connectivity index (χ4n) is 5.19. The second kappa shape index (κ2) is 12.6. The third-order valence-corrected chi connectivity index (χ3v) is 7.34. The van der Waals surface area contributed by atoms with Crippen LogP contribution in [0.4, 0.5) is 28.9 Å². The normalized spacial score (nSPS) is 17.4. The van der Waals surface area contributed by atoms with Crippen LogP contribution in [0.2, 0.25) is 0 Å². The van der Waals surface area contributed by atoms with E-state index in [1.165, 1.54) is 24.4 Å². The molecular weight excluding hydrogens is 530 g/mol. The van der Waals surface area contributed by atoms with Crippen molar-refractivity contribution in [1.82, 2.24) is 10.3 Å². The predicted octanol–water partition coefficient (Wildman–Crippen LogP) is 4.43. The Labute approximate surface area is 230 Å². The van der Waals surface area contributed by atoms with Crippen LogP contribution in [-0.2, 0) is 6.18 Å². The molecule has 208 valence electrons. The van der Waals surface area contributed by atoms with Crippen molar-refractivity contribution in [3.8, 4) is 6.07 Å². The van der Waals surface area contributed by atoms with Crippen LogP contribution in [0, 0.1) is 17.1 Å². The molecule has 0 saturated carbocycles. The van der Waals surface area contributed by atoms with E-state index in [2.05, 4.69) is 26.4 Å². The molecule has 2 aliphatic heterocycles. The molecule has 2 aromatic rings. The van der Waals surface area contributed by atoms with Crippen LogP contribution in [0.3, 0.4) is 0 Å². The Balaban J connectivity index is 1.52. The summed E-state index contributed by atoms with van der Waals surface area (Å²) in [6.45, 7) is 4.73. The van der Waals surface area contributed by atoms with E-state index in [0.717, 1.165) is 24.8 Å². The van der Waals surface area contributed by atoms with Gasteiger partial charge in [-0.3, -0.25) is 10.3 Å². The summed E-state index contributed by atoms with van der Waals surface area (Å²) in [6, 6.07) is 10.9. The maximum absolute atomic E-state index is 15.4. The first-order valence-corrected chi connectivity index (χ1v) is 13.2. The van der Waals surface area contributed by atoms with Crippen LogP contribution in [0.1, 0.15) is 41.9 Å². The molecule has 3 N–H and O–H groups in total. The van der Waals surface area contributed by atoms with Gasteiger partial charge in [0.1, 0.15) is 5.82 Å². The zero-order chi connectivity index (χ0) is 28.0. The standard InChI is InChI=1S/C27H31F4N7S/c28-23-16-21(18-34-35-26(33)39)24(38-13-11-36(12-14-38)8-2-7-32)17-25(23)37-9-5-19(6-10-37)20-3-1-4-22(15-20)27(29,30)31/h1,3-4,15-19H,2,5-6,8-14H2,(H3,33,35,39)/b34-18+. The zero-order valence-electron chi connectivity index (χ0n) is 21.4. The van der Waals surface area contributed by atoms with Gasteiger partial charge in [-0.15, -0.1) is 0 Å². The Morgan fingerprint density at radius 3 is 2.41 bits per heavy atom. The maximum atomic E-state index is 15.4. The number of halogens is 4. The number of piperazine rings is 1. The quantitative estimate of drug-likeness (QED) is 0.224. The molecule has 0 aliphatic carbocycles. The predicted molar refractivity (Wildman–Crippen MR) is 148 cm³/mol. The summed E-state index contributed by atoms with van der Waals surface area (Å²) < 4.78 is 55.0. The van der Waals surface area contributed by atoms with E-state index in [-0.39, 0.29) is 11.0 Å². The van der Waals surface area contributed by atoms with Crippen molar-refractivity contribution in [1.29, 1.82) is 5.26 Å². The van der Waals surface area contributed by atoms with Gasteiger partial charge in [0.05, 0.1) is 23.5 Å². The molecule has 7 nitrogen and oxygen atoms in total. The van der Waals surface area contributed by atoms with Crippen molar-refractivity contribution in [3.63, 3.8) is 0 Å². The van der Waals surface area contributed by atoms with Crippen LogP contribution in [-0.4, -0.2) is 62.0 Å². The van der Waals surface area contributed by atoms with Crippen molar-refractivity contribution in [2.45, 2.75) is 31.4 Å². The first-order chi connectivity index (χ1) is 18.7. The summed E-state index contributed by atoms with van der Waals surface area (Å²) >= 11 is 4.80. The monoisotopic (exact) mass is 561 g/mol. The lowest BCUT2D eigenvalue weighted by Crippen LogP contribution is -2.47. The van der Waals surface area contributed by atoms with Gasteiger partial charge in [0.15, 0.2) is 5.11 Å². The number of hydrazone groups is 1. The molecule has 0 amide bonds. The van der Waals surface area contributed by atoms with Crippen molar-refractivity contribution in [2.24, 2.45) is 10.8 Å². The number of thiocarbonyl (C=S) groups is 1. The van der Waals surface area contributed by atoms with Gasteiger partial charge >= 0.3 is 6.18 Å². The number of hydrogen-bond acceptors (Lipinski definition) is 6. The smallest absolute Gasteiger partial charge is 0.375 e. The van der Waals surface area contributed by atoms with Gasteiger partial charge in [-0.1, -0.05) is 18.2 Å². The van der Waals surface area contributed by atoms with Gasteiger partial charge in [0, 0.05) is 63.5 Å². The summed E-state index contributed by atoms with van der Waals surface area (Å²) in [5.74, 6) is -0.425. The third-order valence-electron chi connectivity index (χ3n) is 7.25. The molecular formula is C27H31F4N7S. The molecule has 2 saturated heterocycles. The number of nitrogens with one attached hydrogen (secondary N) is 1. The first-order valence-electron chi connectivity index (χ1n) is 12.8. The SMILES string of the molecule is N#CCCN1CCN(c2cc(N3CCC(c4cccc(C(F)(F)F)c4)CC3)c(F)cc2/C=N/NC(N)=S)CC1. The largest absolute Gasteiger partial charge is 0.416 e. The number of alkyl halides is 3. The van der Waals surface area contributed by atoms with E-state index in [9.17, 15) is 13.2 Å². The Morgan fingerprint density at radius 2 is 1.77 bits per heavy atom. The molecule has 0 spiro atoms. The molecule has 0 unspecified atom stereocenters. The highest BCUT2D eigenvalue weighted by molar-refractivity contribution is 7.80. The molecule has 2 fully saturated rings. The van der Waals surface area contributed by atoms with Crippen LogP contribution in [0.15, 0.2) is 41.5 Å². The molecule has 2 heterocycles. The van der Waals surface area contributed by atoms with Gasteiger partial charge in [0.25, 0.3) is 0 Å². The topological polar surface area (TPSA) is 83.9 Å². The Bertz CT molecular complexity index is 1230. The molecule has 0 bridgehead atoms. The van der Waals surface area contributed by atoms with E-state index >= 15 is 4.39 Å². The molecule has 0 radical (unpaired) electrons. The average Bonchev–Trinajstić information content (AvgIpc) is 2.92. The molecule has 0 atom stereocenters. The number of nitriles is 1. The van der Waals surface area contributed by atoms with Gasteiger partial charge in [-0.2, -0.15) is 23.5 Å². The fraction of sp³-hybridized carbons (Fsp3) is 0.444. The Hall–Kier alpha value is -3.43. The molecule has 2 aliphatic rings. The van der Waals surface area contributed by atoms with E-state index in [0.29, 0.717) is 68.8 Å². The van der Waals surface area contributed by atoms with Crippen LogP contribution in [0.25, 0.3) is 0 Å². The van der Waals surface area contributed by atoms with E-state index in [1.807, 2.05) is 11.0 Å². The van der Waals surface area contributed by atoms with Gasteiger partial charge in [-0.05, 0) is 54.7 Å². The minimum absolute atomic E-state index is 0.000333. The molecule has 4 rings (SSSR count). The van der Waals surface area contributed by atoms with Crippen molar-refractivity contribution in [2.75, 3.05) is 55.6 Å². The van der Waals surface area contributed by atoms with E-state index in [4.69, 9.17) is 23.2 Å². The van der Waals surface area contributed by atoms with Crippen LogP contribution in [0.5, 0.6) is 0 Å². The minimum atomic E-state index is -4.38. The number of rotatable bonds is 7. The molecule has 12 heteroatoms. The molecule has 39 heavy (non-hydrogen) atoms. The van der Waals surface area contributed by atoms with Crippen molar-refractivity contribution < 1.29 is 17.6 Å². The first kappa shape index (κ1) is 28.6. The summed E-state index contributed by atoms with van der Waals surface area (Å²) in [7, 11) is 0. The average molecular weight is 562 g/mol. The van der Waals surface area contributed by atoms with Crippen LogP contribution < -0.4 is 21.0 Å². The third kappa shape index (κ3) is 7.36. The van der Waals surface area contributed by atoms with Crippen molar-refractivity contribution in [3.05, 3.63) is 58.9 Å². The molecule has 2 aromatic carbocycles. The number of anilines is 2. The van der Waals surface area contributed by atoms with Gasteiger partial charge in [-0.25, -0.2) is 4.39 Å². The summed E-state index contributed by atoms with van der Waals surface area (Å²) in [6.07, 6.45) is -1.18. The summed E-state index contributed by atoms with van der Waals surface area (Å²) in [5, 5.41) is 12.9. The van der Waals surface area contributed by atoms with E-state index in [1.54, 1.807) is 6.07 Å². The highest BCUT2D eigenvalue weighted by atomic mass is 32.1. The Kier molecular flexibility index (Phi) is 9.24. The summed E-state index contributed by atoms with van der Waals surface area (Å²) in [4.78, 5) is 6.36. The number of nitrogens with zero attached hydrogens (tertiary/aromatic N) is 5. The highest BCUT2D eigenvalue weighted by Gasteiger charge is 2.32. The molecule has 0 aromatic heterocycles. The minimum Gasteiger partial charge on any atom is -0.375 e.